The normalized spacial score (nSPS) is 10.8. The highest BCUT2D eigenvalue weighted by molar-refractivity contribution is 6.07. The highest BCUT2D eigenvalue weighted by atomic mass is 19.1. The van der Waals surface area contributed by atoms with Gasteiger partial charge in [0.05, 0.1) is 5.56 Å². The van der Waals surface area contributed by atoms with Gasteiger partial charge in [0.15, 0.2) is 5.69 Å². The Morgan fingerprint density at radius 2 is 1.96 bits per heavy atom. The van der Waals surface area contributed by atoms with Gasteiger partial charge >= 0.3 is 5.69 Å². The van der Waals surface area contributed by atoms with Crippen molar-refractivity contribution in [2.45, 2.75) is 33.2 Å². The van der Waals surface area contributed by atoms with Crippen molar-refractivity contribution in [2.24, 2.45) is 0 Å². The van der Waals surface area contributed by atoms with Crippen LogP contribution in [0.4, 0.5) is 20.3 Å². The zero-order chi connectivity index (χ0) is 19.4. The van der Waals surface area contributed by atoms with Crippen molar-refractivity contribution in [3.8, 4) is 0 Å². The fraction of sp³-hybridized carbons (Fsp3) is 0.353. The molecule has 2 aromatic rings. The quantitative estimate of drug-likeness (QED) is 0.815. The van der Waals surface area contributed by atoms with E-state index < -0.39 is 34.4 Å². The minimum Gasteiger partial charge on any atom is -0.383 e. The summed E-state index contributed by atoms with van der Waals surface area (Å²) in [7, 11) is 0. The SMILES string of the molecule is CCCCn1c(N)c(N(CC)C(=O)c2ccc(F)cc2F)c(=O)[nH]c1=O. The van der Waals surface area contributed by atoms with E-state index in [1.165, 1.54) is 0 Å². The van der Waals surface area contributed by atoms with Gasteiger partial charge in [0.25, 0.3) is 11.5 Å². The lowest BCUT2D eigenvalue weighted by Crippen LogP contribution is -2.41. The summed E-state index contributed by atoms with van der Waals surface area (Å²) < 4.78 is 28.2. The number of hydrogen-bond acceptors (Lipinski definition) is 4. The Labute approximate surface area is 148 Å². The number of anilines is 2. The van der Waals surface area contributed by atoms with E-state index in [9.17, 15) is 23.2 Å². The Hall–Kier alpha value is -2.97. The second kappa shape index (κ2) is 7.94. The average molecular weight is 366 g/mol. The van der Waals surface area contributed by atoms with Crippen LogP contribution >= 0.6 is 0 Å². The average Bonchev–Trinajstić information content (AvgIpc) is 2.57. The van der Waals surface area contributed by atoms with Crippen molar-refractivity contribution in [1.29, 1.82) is 0 Å². The van der Waals surface area contributed by atoms with Crippen LogP contribution in [0, 0.1) is 11.6 Å². The Kier molecular flexibility index (Phi) is 5.91. The molecule has 0 spiro atoms. The summed E-state index contributed by atoms with van der Waals surface area (Å²) in [5.41, 5.74) is 3.80. The molecule has 0 bridgehead atoms. The number of nitrogens with zero attached hydrogens (tertiary/aromatic N) is 2. The first-order chi connectivity index (χ1) is 12.3. The molecule has 26 heavy (non-hydrogen) atoms. The molecule has 0 aliphatic rings. The number of benzene rings is 1. The number of nitrogens with one attached hydrogen (secondary N) is 1. The number of carbonyl (C=O) groups excluding carboxylic acids is 1. The first kappa shape index (κ1) is 19.4. The third-order valence-corrected chi connectivity index (χ3v) is 3.94. The molecule has 0 unspecified atom stereocenters. The summed E-state index contributed by atoms with van der Waals surface area (Å²) in [5, 5.41) is 0. The fourth-order valence-corrected chi connectivity index (χ4v) is 2.59. The van der Waals surface area contributed by atoms with Crippen LogP contribution in [0.1, 0.15) is 37.0 Å². The van der Waals surface area contributed by atoms with Gasteiger partial charge in [0.2, 0.25) is 0 Å². The zero-order valence-electron chi connectivity index (χ0n) is 14.5. The minimum absolute atomic E-state index is 0.00505. The van der Waals surface area contributed by atoms with Crippen molar-refractivity contribution in [1.82, 2.24) is 9.55 Å². The number of nitrogens with two attached hydrogens (primary N) is 1. The molecule has 1 aromatic carbocycles. The maximum atomic E-state index is 14.0. The van der Waals surface area contributed by atoms with E-state index in [-0.39, 0.29) is 24.6 Å². The number of carbonyl (C=O) groups is 1. The first-order valence-corrected chi connectivity index (χ1v) is 8.21. The highest BCUT2D eigenvalue weighted by Gasteiger charge is 2.25. The Morgan fingerprint density at radius 3 is 2.54 bits per heavy atom. The first-order valence-electron chi connectivity index (χ1n) is 8.21. The van der Waals surface area contributed by atoms with Gasteiger partial charge in [-0.05, 0) is 25.5 Å². The van der Waals surface area contributed by atoms with Crippen LogP contribution in [-0.4, -0.2) is 22.0 Å². The van der Waals surface area contributed by atoms with Crippen LogP contribution in [-0.2, 0) is 6.54 Å². The molecular weight excluding hydrogens is 346 g/mol. The van der Waals surface area contributed by atoms with Crippen LogP contribution in [0.3, 0.4) is 0 Å². The lowest BCUT2D eigenvalue weighted by atomic mass is 10.1. The van der Waals surface area contributed by atoms with Gasteiger partial charge in [-0.1, -0.05) is 13.3 Å². The summed E-state index contributed by atoms with van der Waals surface area (Å²) in [6.07, 6.45) is 1.43. The van der Waals surface area contributed by atoms with E-state index in [2.05, 4.69) is 4.98 Å². The van der Waals surface area contributed by atoms with E-state index in [1.807, 2.05) is 6.92 Å². The minimum atomic E-state index is -1.05. The molecule has 0 fully saturated rings. The molecule has 2 rings (SSSR count). The van der Waals surface area contributed by atoms with Crippen molar-refractivity contribution in [3.05, 3.63) is 56.2 Å². The second-order valence-electron chi connectivity index (χ2n) is 5.67. The number of rotatable bonds is 6. The Balaban J connectivity index is 2.58. The smallest absolute Gasteiger partial charge is 0.330 e. The van der Waals surface area contributed by atoms with E-state index in [1.54, 1.807) is 6.92 Å². The fourth-order valence-electron chi connectivity index (χ4n) is 2.59. The third kappa shape index (κ3) is 3.66. The van der Waals surface area contributed by atoms with Gasteiger partial charge < -0.3 is 10.6 Å². The molecule has 0 atom stereocenters. The van der Waals surface area contributed by atoms with Crippen molar-refractivity contribution < 1.29 is 13.6 Å². The molecule has 0 aliphatic carbocycles. The summed E-state index contributed by atoms with van der Waals surface area (Å²) in [6.45, 7) is 3.75. The number of H-pyrrole nitrogens is 1. The Morgan fingerprint density at radius 1 is 1.27 bits per heavy atom. The summed E-state index contributed by atoms with van der Waals surface area (Å²) >= 11 is 0. The van der Waals surface area contributed by atoms with Crippen LogP contribution in [0.25, 0.3) is 0 Å². The molecule has 1 heterocycles. The number of amides is 1. The van der Waals surface area contributed by atoms with Crippen molar-refractivity contribution >= 4 is 17.4 Å². The Bertz CT molecular complexity index is 937. The molecular formula is C17H20F2N4O3. The largest absolute Gasteiger partial charge is 0.383 e. The van der Waals surface area contributed by atoms with E-state index in [4.69, 9.17) is 5.73 Å². The summed E-state index contributed by atoms with van der Waals surface area (Å²) in [6, 6.07) is 2.52. The monoisotopic (exact) mass is 366 g/mol. The number of aromatic nitrogens is 2. The molecule has 3 N–H and O–H groups in total. The molecule has 1 aromatic heterocycles. The number of aromatic amines is 1. The lowest BCUT2D eigenvalue weighted by Gasteiger charge is -2.23. The van der Waals surface area contributed by atoms with Crippen LogP contribution in [0.15, 0.2) is 27.8 Å². The molecule has 0 radical (unpaired) electrons. The van der Waals surface area contributed by atoms with Gasteiger partial charge in [-0.3, -0.25) is 19.1 Å². The molecule has 0 aliphatic heterocycles. The van der Waals surface area contributed by atoms with Crippen molar-refractivity contribution in [2.75, 3.05) is 17.2 Å². The van der Waals surface area contributed by atoms with Gasteiger partial charge in [-0.15, -0.1) is 0 Å². The van der Waals surface area contributed by atoms with Crippen LogP contribution < -0.4 is 21.9 Å². The van der Waals surface area contributed by atoms with E-state index in [0.29, 0.717) is 12.5 Å². The maximum Gasteiger partial charge on any atom is 0.330 e. The molecule has 7 nitrogen and oxygen atoms in total. The predicted molar refractivity (Wildman–Crippen MR) is 94.4 cm³/mol. The van der Waals surface area contributed by atoms with Gasteiger partial charge in [-0.25, -0.2) is 13.6 Å². The molecule has 140 valence electrons. The summed E-state index contributed by atoms with van der Waals surface area (Å²) in [5.74, 6) is -2.91. The number of halogens is 2. The molecule has 0 saturated carbocycles. The highest BCUT2D eigenvalue weighted by Crippen LogP contribution is 2.21. The molecule has 1 amide bonds. The standard InChI is InChI=1S/C17H20F2N4O3/c1-3-5-8-23-14(20)13(15(24)21-17(23)26)22(4-2)16(25)11-7-6-10(18)9-12(11)19/h6-7,9H,3-5,8,20H2,1-2H3,(H,21,24,26). The van der Waals surface area contributed by atoms with E-state index in [0.717, 1.165) is 28.0 Å². The molecule has 0 saturated heterocycles. The predicted octanol–water partition coefficient (Wildman–Crippen LogP) is 1.86. The van der Waals surface area contributed by atoms with E-state index >= 15 is 0 Å². The molecule has 9 heteroatoms. The lowest BCUT2D eigenvalue weighted by molar-refractivity contribution is 0.0984. The topological polar surface area (TPSA) is 101 Å². The van der Waals surface area contributed by atoms with Crippen LogP contribution in [0.2, 0.25) is 0 Å². The third-order valence-electron chi connectivity index (χ3n) is 3.94. The van der Waals surface area contributed by atoms with Gasteiger partial charge in [0, 0.05) is 19.2 Å². The maximum absolute atomic E-state index is 14.0. The van der Waals surface area contributed by atoms with Crippen LogP contribution in [0.5, 0.6) is 0 Å². The summed E-state index contributed by atoms with van der Waals surface area (Å²) in [4.78, 5) is 40.0. The number of nitrogen functional groups attached to an aromatic ring is 1. The number of unbranched alkanes of at least 4 members (excludes halogenated alkanes) is 1. The second-order valence-corrected chi connectivity index (χ2v) is 5.67. The number of hydrogen-bond donors (Lipinski definition) is 2. The van der Waals surface area contributed by atoms with Gasteiger partial charge in [0.1, 0.15) is 17.5 Å². The zero-order valence-corrected chi connectivity index (χ0v) is 14.5. The van der Waals surface area contributed by atoms with Crippen molar-refractivity contribution in [3.63, 3.8) is 0 Å². The van der Waals surface area contributed by atoms with Gasteiger partial charge in [-0.2, -0.15) is 0 Å².